The van der Waals surface area contributed by atoms with Crippen molar-refractivity contribution in [2.75, 3.05) is 11.4 Å². The van der Waals surface area contributed by atoms with Crippen LogP contribution in [-0.2, 0) is 43.2 Å². The fourth-order valence-corrected chi connectivity index (χ4v) is 5.70. The largest absolute Gasteiger partial charge is 0.508 e. The topological polar surface area (TPSA) is 217 Å². The average Bonchev–Trinajstić information content (AvgIpc) is 3.05. The van der Waals surface area contributed by atoms with Crippen LogP contribution in [-0.4, -0.2) is 70.5 Å². The van der Waals surface area contributed by atoms with Crippen molar-refractivity contribution < 1.29 is 34.2 Å². The summed E-state index contributed by atoms with van der Waals surface area (Å²) in [5.41, 5.74) is 13.3. The van der Waals surface area contributed by atoms with E-state index in [4.69, 9.17) is 11.5 Å². The minimum atomic E-state index is -1.29. The minimum absolute atomic E-state index is 0.00109. The smallest absolute Gasteiger partial charge is 0.250 e. The Balaban J connectivity index is 1.73. The van der Waals surface area contributed by atoms with E-state index in [1.54, 1.807) is 42.5 Å². The number of carbonyl (C=O) groups excluding carboxylic acids is 5. The van der Waals surface area contributed by atoms with Gasteiger partial charge in [-0.1, -0.05) is 62.4 Å². The molecule has 1 heterocycles. The molecule has 0 aromatic heterocycles. The first-order valence-electron chi connectivity index (χ1n) is 15.7. The number of nitrogens with zero attached hydrogens (tertiary/aromatic N) is 1. The molecule has 254 valence electrons. The number of aromatic hydroxyl groups is 2. The molecule has 3 aromatic carbocycles. The summed E-state index contributed by atoms with van der Waals surface area (Å²) >= 11 is 0. The van der Waals surface area contributed by atoms with Crippen molar-refractivity contribution in [1.29, 1.82) is 0 Å². The number of nitrogens with two attached hydrogens (primary N) is 2. The van der Waals surface area contributed by atoms with Crippen LogP contribution < -0.4 is 32.3 Å². The van der Waals surface area contributed by atoms with Crippen LogP contribution >= 0.6 is 0 Å². The summed E-state index contributed by atoms with van der Waals surface area (Å²) in [6, 6.07) is 14.9. The first kappa shape index (κ1) is 35.4. The molecule has 1 aliphatic rings. The molecule has 13 heteroatoms. The van der Waals surface area contributed by atoms with Gasteiger partial charge in [0.25, 0.3) is 5.91 Å². The van der Waals surface area contributed by atoms with E-state index in [-0.39, 0.29) is 55.3 Å². The summed E-state index contributed by atoms with van der Waals surface area (Å²) in [7, 11) is 0. The van der Waals surface area contributed by atoms with E-state index < -0.39 is 53.7 Å². The predicted molar refractivity (Wildman–Crippen MR) is 179 cm³/mol. The van der Waals surface area contributed by atoms with E-state index in [1.165, 1.54) is 29.2 Å². The fraction of sp³-hybridized carbons (Fsp3) is 0.343. The zero-order chi connectivity index (χ0) is 35.0. The molecule has 4 unspecified atom stereocenters. The number of amides is 5. The molecular formula is C35H42N6O7. The second-order valence-corrected chi connectivity index (χ2v) is 12.3. The summed E-state index contributed by atoms with van der Waals surface area (Å²) < 4.78 is 0. The molecule has 4 rings (SSSR count). The Morgan fingerprint density at radius 1 is 0.854 bits per heavy atom. The van der Waals surface area contributed by atoms with Gasteiger partial charge in [0.1, 0.15) is 35.7 Å². The number of carbonyl (C=O) groups is 5. The van der Waals surface area contributed by atoms with Gasteiger partial charge in [-0.25, -0.2) is 0 Å². The van der Waals surface area contributed by atoms with Gasteiger partial charge < -0.3 is 37.6 Å². The lowest BCUT2D eigenvalue weighted by molar-refractivity contribution is -0.133. The Morgan fingerprint density at radius 2 is 1.50 bits per heavy atom. The number of rotatable bonds is 14. The highest BCUT2D eigenvalue weighted by Crippen LogP contribution is 2.34. The van der Waals surface area contributed by atoms with Gasteiger partial charge in [-0.3, -0.25) is 28.9 Å². The molecule has 1 aliphatic heterocycles. The summed E-state index contributed by atoms with van der Waals surface area (Å²) in [4.78, 5) is 67.9. The van der Waals surface area contributed by atoms with Gasteiger partial charge in [0.05, 0.1) is 12.2 Å². The number of anilines is 1. The number of nitrogens with one attached hydrogen (secondary N) is 3. The molecule has 3 aromatic rings. The highest BCUT2D eigenvalue weighted by atomic mass is 16.3. The number of hydrogen-bond donors (Lipinski definition) is 7. The monoisotopic (exact) mass is 658 g/mol. The lowest BCUT2D eigenvalue weighted by atomic mass is 9.92. The van der Waals surface area contributed by atoms with Crippen LogP contribution in [0.4, 0.5) is 5.69 Å². The van der Waals surface area contributed by atoms with Crippen molar-refractivity contribution in [3.8, 4) is 11.5 Å². The highest BCUT2D eigenvalue weighted by molar-refractivity contribution is 6.07. The quantitative estimate of drug-likeness (QED) is 0.131. The van der Waals surface area contributed by atoms with Gasteiger partial charge in [0.15, 0.2) is 0 Å². The van der Waals surface area contributed by atoms with Gasteiger partial charge >= 0.3 is 0 Å². The lowest BCUT2D eigenvalue weighted by Crippen LogP contribution is -2.62. The number of hydrogen-bond acceptors (Lipinski definition) is 8. The average molecular weight is 659 g/mol. The fourth-order valence-electron chi connectivity index (χ4n) is 5.70. The second-order valence-electron chi connectivity index (χ2n) is 12.3. The maximum absolute atomic E-state index is 14.4. The molecule has 0 aliphatic carbocycles. The van der Waals surface area contributed by atoms with Gasteiger partial charge in [-0.05, 0) is 47.2 Å². The zero-order valence-electron chi connectivity index (χ0n) is 26.9. The third-order valence-corrected chi connectivity index (χ3v) is 8.07. The number of fused-ring (bicyclic) bond motifs is 1. The normalized spacial score (nSPS) is 16.0. The SMILES string of the molecule is CC(C)CC(NC(=O)CN)C(=O)NC1Cc2ccc(O)cc2N(C(Cc2ccc(O)cc2)C(=O)NC(Cc2ccccc2)C(N)=O)C1=O. The Morgan fingerprint density at radius 3 is 2.12 bits per heavy atom. The van der Waals surface area contributed by atoms with Crippen molar-refractivity contribution in [3.05, 3.63) is 89.5 Å². The van der Waals surface area contributed by atoms with Crippen LogP contribution in [0.15, 0.2) is 72.8 Å². The van der Waals surface area contributed by atoms with Gasteiger partial charge in [0.2, 0.25) is 23.6 Å². The predicted octanol–water partition coefficient (Wildman–Crippen LogP) is 0.785. The van der Waals surface area contributed by atoms with E-state index in [2.05, 4.69) is 16.0 Å². The molecule has 5 amide bonds. The number of phenolic OH excluding ortho intramolecular Hbond substituents is 2. The third-order valence-electron chi connectivity index (χ3n) is 8.07. The van der Waals surface area contributed by atoms with Gasteiger partial charge in [-0.2, -0.15) is 0 Å². The summed E-state index contributed by atoms with van der Waals surface area (Å²) in [6.07, 6.45) is 0.367. The Labute approximate surface area is 278 Å². The minimum Gasteiger partial charge on any atom is -0.508 e. The Hall–Kier alpha value is -5.43. The van der Waals surface area contributed by atoms with E-state index in [0.29, 0.717) is 11.1 Å². The summed E-state index contributed by atoms with van der Waals surface area (Å²) in [6.45, 7) is 3.45. The first-order valence-corrected chi connectivity index (χ1v) is 15.7. The molecule has 4 atom stereocenters. The highest BCUT2D eigenvalue weighted by Gasteiger charge is 2.42. The number of benzene rings is 3. The lowest BCUT2D eigenvalue weighted by Gasteiger charge is -2.39. The van der Waals surface area contributed by atoms with Crippen LogP contribution in [0.25, 0.3) is 0 Å². The molecule has 0 saturated heterocycles. The van der Waals surface area contributed by atoms with Crippen LogP contribution in [0.1, 0.15) is 37.0 Å². The van der Waals surface area contributed by atoms with E-state index in [0.717, 1.165) is 5.56 Å². The summed E-state index contributed by atoms with van der Waals surface area (Å²) in [5, 5.41) is 28.4. The van der Waals surface area contributed by atoms with Crippen LogP contribution in [0.2, 0.25) is 0 Å². The standard InChI is InChI=1S/C35H42N6O7/c1-20(2)14-27(38-31(44)19-36)33(46)40-28-17-23-10-13-25(43)18-29(23)41(35(28)48)30(16-22-8-11-24(42)12-9-22)34(47)39-26(32(37)45)15-21-6-4-3-5-7-21/h3-13,18,20,26-28,30,42-43H,14-17,19,36H2,1-2H3,(H2,37,45)(H,38,44)(H,39,47)(H,40,46). The van der Waals surface area contributed by atoms with E-state index in [1.807, 2.05) is 19.9 Å². The van der Waals surface area contributed by atoms with Crippen LogP contribution in [0.5, 0.6) is 11.5 Å². The van der Waals surface area contributed by atoms with Gasteiger partial charge in [0, 0.05) is 25.3 Å². The Kier molecular flexibility index (Phi) is 11.7. The molecule has 13 nitrogen and oxygen atoms in total. The zero-order valence-corrected chi connectivity index (χ0v) is 26.9. The molecule has 9 N–H and O–H groups in total. The maximum atomic E-state index is 14.4. The van der Waals surface area contributed by atoms with Crippen LogP contribution in [0.3, 0.4) is 0 Å². The molecule has 0 radical (unpaired) electrons. The van der Waals surface area contributed by atoms with Gasteiger partial charge in [-0.15, -0.1) is 0 Å². The van der Waals surface area contributed by atoms with Crippen molar-refractivity contribution in [2.45, 2.75) is 63.7 Å². The van der Waals surface area contributed by atoms with E-state index >= 15 is 0 Å². The maximum Gasteiger partial charge on any atom is 0.250 e. The molecule has 0 fully saturated rings. The van der Waals surface area contributed by atoms with Crippen molar-refractivity contribution >= 4 is 35.2 Å². The van der Waals surface area contributed by atoms with E-state index in [9.17, 15) is 34.2 Å². The summed E-state index contributed by atoms with van der Waals surface area (Å²) in [5.74, 6) is -3.38. The van der Waals surface area contributed by atoms with Crippen molar-refractivity contribution in [1.82, 2.24) is 16.0 Å². The molecule has 0 saturated carbocycles. The molecular weight excluding hydrogens is 616 g/mol. The molecule has 0 spiro atoms. The molecule has 48 heavy (non-hydrogen) atoms. The third kappa shape index (κ3) is 9.10. The second kappa shape index (κ2) is 15.9. The first-order chi connectivity index (χ1) is 22.9. The number of phenols is 2. The molecule has 0 bridgehead atoms. The van der Waals surface area contributed by atoms with Crippen molar-refractivity contribution in [3.63, 3.8) is 0 Å². The number of primary amides is 1. The Bertz CT molecular complexity index is 1630. The van der Waals surface area contributed by atoms with Crippen molar-refractivity contribution in [2.24, 2.45) is 17.4 Å². The van der Waals surface area contributed by atoms with Crippen LogP contribution in [0, 0.1) is 5.92 Å².